The van der Waals surface area contributed by atoms with E-state index >= 15 is 0 Å². The highest BCUT2D eigenvalue weighted by Crippen LogP contribution is 2.31. The number of amides is 1. The van der Waals surface area contributed by atoms with Crippen molar-refractivity contribution in [2.45, 2.75) is 44.4 Å². The molecule has 2 fully saturated rings. The lowest BCUT2D eigenvalue weighted by molar-refractivity contribution is -0.141. The van der Waals surface area contributed by atoms with E-state index in [0.29, 0.717) is 19.2 Å². The van der Waals surface area contributed by atoms with Crippen LogP contribution in [0.4, 0.5) is 0 Å². The van der Waals surface area contributed by atoms with E-state index in [1.807, 2.05) is 30.1 Å². The summed E-state index contributed by atoms with van der Waals surface area (Å²) in [5.74, 6) is 0.226. The Morgan fingerprint density at radius 2 is 2.00 bits per heavy atom. The van der Waals surface area contributed by atoms with Crippen molar-refractivity contribution in [3.63, 3.8) is 0 Å². The van der Waals surface area contributed by atoms with Crippen LogP contribution in [-0.2, 0) is 9.53 Å². The van der Waals surface area contributed by atoms with Crippen LogP contribution < -0.4 is 0 Å². The maximum Gasteiger partial charge on any atom is 0.236 e. The molecule has 1 aromatic carbocycles. The van der Waals surface area contributed by atoms with Crippen molar-refractivity contribution in [3.05, 3.63) is 35.9 Å². The Morgan fingerprint density at radius 3 is 2.64 bits per heavy atom. The van der Waals surface area contributed by atoms with Crippen molar-refractivity contribution in [3.8, 4) is 0 Å². The average Bonchev–Trinajstić information content (AvgIpc) is 3.34. The van der Waals surface area contributed by atoms with Crippen LogP contribution in [0.3, 0.4) is 0 Å². The summed E-state index contributed by atoms with van der Waals surface area (Å²) in [7, 11) is 1.93. The van der Waals surface area contributed by atoms with Gasteiger partial charge in [-0.3, -0.25) is 9.69 Å². The van der Waals surface area contributed by atoms with E-state index in [9.17, 15) is 4.79 Å². The van der Waals surface area contributed by atoms with E-state index in [1.54, 1.807) is 0 Å². The Balaban J connectivity index is 1.68. The number of benzene rings is 1. The number of carbonyl (C=O) groups is 1. The quantitative estimate of drug-likeness (QED) is 0.856. The minimum absolute atomic E-state index is 0.0493. The van der Waals surface area contributed by atoms with E-state index in [1.165, 1.54) is 5.56 Å². The summed E-state index contributed by atoms with van der Waals surface area (Å²) >= 11 is 0. The maximum atomic E-state index is 12.5. The van der Waals surface area contributed by atoms with Crippen molar-refractivity contribution >= 4 is 5.91 Å². The molecule has 1 aliphatic carbocycles. The molecular formula is C18H26N2O2. The van der Waals surface area contributed by atoms with Gasteiger partial charge in [0.2, 0.25) is 5.91 Å². The number of carbonyl (C=O) groups excluding carboxylic acids is 1. The van der Waals surface area contributed by atoms with Gasteiger partial charge in [-0.25, -0.2) is 0 Å². The number of hydrogen-bond donors (Lipinski definition) is 0. The second-order valence-electron chi connectivity index (χ2n) is 7.14. The summed E-state index contributed by atoms with van der Waals surface area (Å²) in [6.45, 7) is 6.19. The van der Waals surface area contributed by atoms with Crippen LogP contribution in [0.1, 0.15) is 38.4 Å². The normalized spacial score (nSPS) is 25.0. The van der Waals surface area contributed by atoms with Crippen molar-refractivity contribution < 1.29 is 9.53 Å². The predicted molar refractivity (Wildman–Crippen MR) is 86.6 cm³/mol. The molecule has 0 N–H and O–H groups in total. The zero-order chi connectivity index (χ0) is 15.7. The van der Waals surface area contributed by atoms with Gasteiger partial charge in [0.25, 0.3) is 0 Å². The maximum absolute atomic E-state index is 12.5. The SMILES string of the molecule is CN(C(=O)CN1CC(c2ccccc2)OCC1(C)C)C1CC1. The molecular weight excluding hydrogens is 276 g/mol. The standard InChI is InChI=1S/C18H26N2O2/c1-18(2)13-22-16(14-7-5-4-6-8-14)11-20(18)12-17(21)19(3)15-9-10-15/h4-8,15-16H,9-13H2,1-3H3. The van der Waals surface area contributed by atoms with Gasteiger partial charge in [0.1, 0.15) is 0 Å². The Labute approximate surface area is 133 Å². The van der Waals surface area contributed by atoms with Crippen LogP contribution in [-0.4, -0.2) is 54.0 Å². The zero-order valence-electron chi connectivity index (χ0n) is 13.8. The van der Waals surface area contributed by atoms with Gasteiger partial charge in [-0.15, -0.1) is 0 Å². The van der Waals surface area contributed by atoms with E-state index < -0.39 is 0 Å². The van der Waals surface area contributed by atoms with E-state index in [2.05, 4.69) is 30.9 Å². The molecule has 1 aliphatic heterocycles. The average molecular weight is 302 g/mol. The van der Waals surface area contributed by atoms with Gasteiger partial charge in [-0.2, -0.15) is 0 Å². The second kappa shape index (κ2) is 6.01. The first-order valence-electron chi connectivity index (χ1n) is 8.14. The molecule has 1 aromatic rings. The van der Waals surface area contributed by atoms with Gasteiger partial charge >= 0.3 is 0 Å². The third-order valence-electron chi connectivity index (χ3n) is 4.87. The fourth-order valence-corrected chi connectivity index (χ4v) is 2.98. The van der Waals surface area contributed by atoms with E-state index in [-0.39, 0.29) is 17.6 Å². The van der Waals surface area contributed by atoms with Crippen molar-refractivity contribution in [1.82, 2.24) is 9.80 Å². The van der Waals surface area contributed by atoms with Crippen molar-refractivity contribution in [2.24, 2.45) is 0 Å². The van der Waals surface area contributed by atoms with Crippen LogP contribution in [0, 0.1) is 0 Å². The second-order valence-corrected chi connectivity index (χ2v) is 7.14. The molecule has 4 heteroatoms. The number of morpholine rings is 1. The monoisotopic (exact) mass is 302 g/mol. The summed E-state index contributed by atoms with van der Waals surface area (Å²) in [5.41, 5.74) is 1.08. The summed E-state index contributed by atoms with van der Waals surface area (Å²) in [6, 6.07) is 10.8. The lowest BCUT2D eigenvalue weighted by atomic mass is 9.98. The van der Waals surface area contributed by atoms with Gasteiger partial charge in [-0.1, -0.05) is 30.3 Å². The zero-order valence-corrected chi connectivity index (χ0v) is 13.8. The predicted octanol–water partition coefficient (Wildman–Crippen LogP) is 2.46. The Hall–Kier alpha value is -1.39. The van der Waals surface area contributed by atoms with Crippen LogP contribution in [0.15, 0.2) is 30.3 Å². The van der Waals surface area contributed by atoms with Crippen LogP contribution in [0.5, 0.6) is 0 Å². The Kier molecular flexibility index (Phi) is 4.24. The molecule has 0 bridgehead atoms. The van der Waals surface area contributed by atoms with E-state index in [0.717, 1.165) is 19.4 Å². The number of nitrogens with zero attached hydrogens (tertiary/aromatic N) is 2. The number of likely N-dealkylation sites (N-methyl/N-ethyl adjacent to an activating group) is 1. The summed E-state index contributed by atoms with van der Waals surface area (Å²) in [5, 5.41) is 0. The molecule has 0 spiro atoms. The highest BCUT2D eigenvalue weighted by molar-refractivity contribution is 5.78. The molecule has 1 saturated carbocycles. The van der Waals surface area contributed by atoms with Crippen LogP contribution in [0.2, 0.25) is 0 Å². The third kappa shape index (κ3) is 3.33. The lowest BCUT2D eigenvalue weighted by Gasteiger charge is -2.45. The lowest BCUT2D eigenvalue weighted by Crippen LogP contribution is -2.56. The number of rotatable bonds is 4. The van der Waals surface area contributed by atoms with Gasteiger partial charge in [0.15, 0.2) is 0 Å². The summed E-state index contributed by atoms with van der Waals surface area (Å²) < 4.78 is 6.04. The molecule has 1 saturated heterocycles. The number of ether oxygens (including phenoxy) is 1. The molecule has 22 heavy (non-hydrogen) atoms. The first-order chi connectivity index (χ1) is 10.5. The summed E-state index contributed by atoms with van der Waals surface area (Å²) in [6.07, 6.45) is 2.36. The molecule has 120 valence electrons. The third-order valence-corrected chi connectivity index (χ3v) is 4.87. The number of hydrogen-bond acceptors (Lipinski definition) is 3. The smallest absolute Gasteiger partial charge is 0.236 e. The molecule has 1 amide bonds. The summed E-state index contributed by atoms with van der Waals surface area (Å²) in [4.78, 5) is 16.7. The molecule has 0 aromatic heterocycles. The fraction of sp³-hybridized carbons (Fsp3) is 0.611. The van der Waals surface area contributed by atoms with Crippen LogP contribution in [0.25, 0.3) is 0 Å². The Bertz CT molecular complexity index is 525. The van der Waals surface area contributed by atoms with Gasteiger partial charge in [-0.05, 0) is 32.3 Å². The molecule has 2 aliphatic rings. The Morgan fingerprint density at radius 1 is 1.32 bits per heavy atom. The van der Waals surface area contributed by atoms with E-state index in [4.69, 9.17) is 4.74 Å². The van der Waals surface area contributed by atoms with Crippen LogP contribution >= 0.6 is 0 Å². The topological polar surface area (TPSA) is 32.8 Å². The van der Waals surface area contributed by atoms with Gasteiger partial charge in [0.05, 0.1) is 19.3 Å². The highest BCUT2D eigenvalue weighted by atomic mass is 16.5. The minimum Gasteiger partial charge on any atom is -0.370 e. The van der Waals surface area contributed by atoms with Crippen molar-refractivity contribution in [1.29, 1.82) is 0 Å². The van der Waals surface area contributed by atoms with Crippen molar-refractivity contribution in [2.75, 3.05) is 26.7 Å². The molecule has 4 nitrogen and oxygen atoms in total. The molecule has 0 radical (unpaired) electrons. The van der Waals surface area contributed by atoms with Gasteiger partial charge < -0.3 is 9.64 Å². The molecule has 1 unspecified atom stereocenters. The fourth-order valence-electron chi connectivity index (χ4n) is 2.98. The first-order valence-corrected chi connectivity index (χ1v) is 8.14. The first kappa shape index (κ1) is 15.5. The van der Waals surface area contributed by atoms with Gasteiger partial charge in [0, 0.05) is 25.2 Å². The minimum atomic E-state index is -0.106. The highest BCUT2D eigenvalue weighted by Gasteiger charge is 2.38. The largest absolute Gasteiger partial charge is 0.370 e. The molecule has 1 atom stereocenters. The molecule has 3 rings (SSSR count). The molecule has 1 heterocycles.